The molecule has 154 valence electrons. The fourth-order valence-corrected chi connectivity index (χ4v) is 3.01. The molecule has 1 atom stereocenters. The zero-order valence-corrected chi connectivity index (χ0v) is 16.2. The molecule has 1 aliphatic carbocycles. The number of carbonyl (C=O) groups is 3. The number of nitrogens with one attached hydrogen (secondary N) is 2. The first-order valence-electron chi connectivity index (χ1n) is 9.60. The molecule has 3 amide bonds. The Morgan fingerprint density at radius 2 is 1.83 bits per heavy atom. The van der Waals surface area contributed by atoms with Crippen LogP contribution in [0.4, 0.5) is 4.79 Å². The van der Waals surface area contributed by atoms with E-state index in [0.29, 0.717) is 11.5 Å². The minimum Gasteiger partial charge on any atom is -0.486 e. The lowest BCUT2D eigenvalue weighted by atomic mass is 10.2. The van der Waals surface area contributed by atoms with E-state index in [2.05, 4.69) is 10.6 Å². The van der Waals surface area contributed by atoms with Crippen molar-refractivity contribution < 1.29 is 28.3 Å². The number of para-hydroxylation sites is 1. The number of rotatable bonds is 7. The molecule has 0 bridgehead atoms. The van der Waals surface area contributed by atoms with Crippen molar-refractivity contribution >= 4 is 17.9 Å². The van der Waals surface area contributed by atoms with Crippen LogP contribution in [-0.2, 0) is 16.1 Å². The van der Waals surface area contributed by atoms with E-state index in [0.717, 1.165) is 25.7 Å². The van der Waals surface area contributed by atoms with Gasteiger partial charge in [0.2, 0.25) is 5.76 Å². The van der Waals surface area contributed by atoms with Gasteiger partial charge in [-0.15, -0.1) is 0 Å². The summed E-state index contributed by atoms with van der Waals surface area (Å²) in [6.45, 7) is 1.53. The van der Waals surface area contributed by atoms with Crippen molar-refractivity contribution in [3.8, 4) is 5.75 Å². The zero-order valence-electron chi connectivity index (χ0n) is 16.2. The van der Waals surface area contributed by atoms with Gasteiger partial charge in [0.25, 0.3) is 5.91 Å². The number of esters is 1. The predicted molar refractivity (Wildman–Crippen MR) is 103 cm³/mol. The second-order valence-corrected chi connectivity index (χ2v) is 6.86. The summed E-state index contributed by atoms with van der Waals surface area (Å²) in [6, 6.07) is 11.7. The second-order valence-electron chi connectivity index (χ2n) is 6.86. The molecular formula is C21H24N2O6. The van der Waals surface area contributed by atoms with Crippen LogP contribution >= 0.6 is 0 Å². The monoisotopic (exact) mass is 400 g/mol. The maximum absolute atomic E-state index is 12.2. The topological polar surface area (TPSA) is 107 Å². The van der Waals surface area contributed by atoms with Gasteiger partial charge in [-0.2, -0.15) is 0 Å². The first kappa shape index (κ1) is 20.4. The summed E-state index contributed by atoms with van der Waals surface area (Å²) in [4.78, 5) is 36.1. The number of imide groups is 1. The molecule has 0 unspecified atom stereocenters. The fourth-order valence-electron chi connectivity index (χ4n) is 3.01. The lowest BCUT2D eigenvalue weighted by Crippen LogP contribution is -2.47. The van der Waals surface area contributed by atoms with Crippen LogP contribution in [0.2, 0.25) is 0 Å². The highest BCUT2D eigenvalue weighted by Crippen LogP contribution is 2.17. The van der Waals surface area contributed by atoms with Gasteiger partial charge in [0.05, 0.1) is 0 Å². The summed E-state index contributed by atoms with van der Waals surface area (Å²) in [5.41, 5.74) is 0. The molecule has 3 rings (SSSR count). The molecule has 0 spiro atoms. The molecule has 2 aromatic rings. The SMILES string of the molecule is C[C@H](OC(=O)c1ccc(COc2ccccc2)o1)C(=O)NC(=O)NC1CCCC1. The van der Waals surface area contributed by atoms with Gasteiger partial charge in [-0.1, -0.05) is 31.0 Å². The van der Waals surface area contributed by atoms with Gasteiger partial charge >= 0.3 is 12.0 Å². The Morgan fingerprint density at radius 3 is 2.55 bits per heavy atom. The van der Waals surface area contributed by atoms with E-state index in [1.807, 2.05) is 18.2 Å². The van der Waals surface area contributed by atoms with Crippen LogP contribution in [0.1, 0.15) is 48.9 Å². The summed E-state index contributed by atoms with van der Waals surface area (Å²) < 4.78 is 16.0. The molecule has 8 nitrogen and oxygen atoms in total. The molecule has 1 fully saturated rings. The number of urea groups is 1. The van der Waals surface area contributed by atoms with Gasteiger partial charge < -0.3 is 19.2 Å². The van der Waals surface area contributed by atoms with Crippen molar-refractivity contribution in [3.05, 3.63) is 54.0 Å². The Hall–Kier alpha value is -3.29. The molecule has 0 saturated heterocycles. The molecule has 1 heterocycles. The van der Waals surface area contributed by atoms with E-state index in [9.17, 15) is 14.4 Å². The van der Waals surface area contributed by atoms with Crippen LogP contribution in [-0.4, -0.2) is 30.1 Å². The Balaban J connectivity index is 1.44. The van der Waals surface area contributed by atoms with Crippen molar-refractivity contribution in [1.29, 1.82) is 0 Å². The smallest absolute Gasteiger partial charge is 0.375 e. The Labute approximate surface area is 168 Å². The molecule has 1 saturated carbocycles. The predicted octanol–water partition coefficient (Wildman–Crippen LogP) is 3.17. The van der Waals surface area contributed by atoms with Gasteiger partial charge in [0.1, 0.15) is 18.1 Å². The van der Waals surface area contributed by atoms with Crippen molar-refractivity contribution in [2.45, 2.75) is 51.4 Å². The van der Waals surface area contributed by atoms with E-state index in [4.69, 9.17) is 13.9 Å². The maximum atomic E-state index is 12.2. The first-order chi connectivity index (χ1) is 14.0. The van der Waals surface area contributed by atoms with Crippen molar-refractivity contribution in [2.24, 2.45) is 0 Å². The third kappa shape index (κ3) is 6.10. The molecule has 8 heteroatoms. The van der Waals surface area contributed by atoms with E-state index >= 15 is 0 Å². The quantitative estimate of drug-likeness (QED) is 0.692. The Kier molecular flexibility index (Phi) is 6.89. The molecular weight excluding hydrogens is 376 g/mol. The summed E-state index contributed by atoms with van der Waals surface area (Å²) >= 11 is 0. The number of ether oxygens (including phenoxy) is 2. The third-order valence-corrected chi connectivity index (χ3v) is 4.57. The van der Waals surface area contributed by atoms with Crippen LogP contribution in [0, 0.1) is 0 Å². The molecule has 1 aliphatic rings. The highest BCUT2D eigenvalue weighted by atomic mass is 16.6. The van der Waals surface area contributed by atoms with Crippen LogP contribution in [0.3, 0.4) is 0 Å². The average molecular weight is 400 g/mol. The van der Waals surface area contributed by atoms with Gasteiger partial charge in [-0.25, -0.2) is 9.59 Å². The number of hydrogen-bond acceptors (Lipinski definition) is 6. The van der Waals surface area contributed by atoms with Crippen LogP contribution in [0.15, 0.2) is 46.9 Å². The number of amides is 3. The number of benzene rings is 1. The summed E-state index contributed by atoms with van der Waals surface area (Å²) in [5.74, 6) is -0.433. The fraction of sp³-hybridized carbons (Fsp3) is 0.381. The van der Waals surface area contributed by atoms with Crippen molar-refractivity contribution in [3.63, 3.8) is 0 Å². The number of carbonyl (C=O) groups excluding carboxylic acids is 3. The molecule has 0 radical (unpaired) electrons. The Morgan fingerprint density at radius 1 is 1.10 bits per heavy atom. The van der Waals surface area contributed by atoms with Crippen LogP contribution < -0.4 is 15.4 Å². The van der Waals surface area contributed by atoms with E-state index in [1.54, 1.807) is 18.2 Å². The third-order valence-electron chi connectivity index (χ3n) is 4.57. The average Bonchev–Trinajstić information content (AvgIpc) is 3.39. The second kappa shape index (κ2) is 9.77. The lowest BCUT2D eigenvalue weighted by Gasteiger charge is -2.15. The summed E-state index contributed by atoms with van der Waals surface area (Å²) in [5, 5.41) is 4.93. The van der Waals surface area contributed by atoms with Gasteiger partial charge in [-0.05, 0) is 44.0 Å². The summed E-state index contributed by atoms with van der Waals surface area (Å²) in [6.07, 6.45) is 2.79. The summed E-state index contributed by atoms with van der Waals surface area (Å²) in [7, 11) is 0. The normalized spacial score (nSPS) is 14.8. The largest absolute Gasteiger partial charge is 0.486 e. The molecule has 0 aliphatic heterocycles. The van der Waals surface area contributed by atoms with Crippen molar-refractivity contribution in [1.82, 2.24) is 10.6 Å². The van der Waals surface area contributed by atoms with E-state index < -0.39 is 24.0 Å². The minimum absolute atomic E-state index is 0.0493. The van der Waals surface area contributed by atoms with Gasteiger partial charge in [0.15, 0.2) is 6.10 Å². The van der Waals surface area contributed by atoms with Crippen LogP contribution in [0.5, 0.6) is 5.75 Å². The molecule has 29 heavy (non-hydrogen) atoms. The maximum Gasteiger partial charge on any atom is 0.375 e. The zero-order chi connectivity index (χ0) is 20.6. The molecule has 2 N–H and O–H groups in total. The molecule has 1 aromatic carbocycles. The van der Waals surface area contributed by atoms with Gasteiger partial charge in [-0.3, -0.25) is 10.1 Å². The number of hydrogen-bond donors (Lipinski definition) is 2. The Bertz CT molecular complexity index is 842. The van der Waals surface area contributed by atoms with Crippen LogP contribution in [0.25, 0.3) is 0 Å². The molecule has 1 aromatic heterocycles. The standard InChI is InChI=1S/C21H24N2O6/c1-14(19(24)23-21(26)22-15-7-5-6-8-15)28-20(25)18-12-11-17(29-18)13-27-16-9-3-2-4-10-16/h2-4,9-12,14-15H,5-8,13H2,1H3,(H2,22,23,24,26)/t14-/m0/s1. The highest BCUT2D eigenvalue weighted by Gasteiger charge is 2.24. The lowest BCUT2D eigenvalue weighted by molar-refractivity contribution is -0.128. The van der Waals surface area contributed by atoms with E-state index in [1.165, 1.54) is 13.0 Å². The van der Waals surface area contributed by atoms with E-state index in [-0.39, 0.29) is 18.4 Å². The minimum atomic E-state index is -1.15. The first-order valence-corrected chi connectivity index (χ1v) is 9.60. The van der Waals surface area contributed by atoms with Crippen molar-refractivity contribution in [2.75, 3.05) is 0 Å². The number of furan rings is 1. The van der Waals surface area contributed by atoms with Gasteiger partial charge in [0, 0.05) is 6.04 Å². The highest BCUT2D eigenvalue weighted by molar-refractivity contribution is 5.98.